The molecule has 0 amide bonds. The number of hydrogen-bond acceptors (Lipinski definition) is 3. The molecular formula is C25H14Cl2F2N2O. The first-order valence-corrected chi connectivity index (χ1v) is 10.2. The molecule has 7 heteroatoms. The Morgan fingerprint density at radius 2 is 1.44 bits per heavy atom. The molecule has 0 fully saturated rings. The Kier molecular flexibility index (Phi) is 6.36. The fourth-order valence-electron chi connectivity index (χ4n) is 3.14. The first kappa shape index (κ1) is 21.8. The van der Waals surface area contributed by atoms with Crippen molar-refractivity contribution in [2.24, 2.45) is 0 Å². The topological polar surface area (TPSA) is 45.9 Å². The number of nitriles is 1. The highest BCUT2D eigenvalue weighted by Crippen LogP contribution is 2.35. The van der Waals surface area contributed by atoms with Crippen molar-refractivity contribution >= 4 is 23.2 Å². The van der Waals surface area contributed by atoms with E-state index < -0.39 is 11.6 Å². The Labute approximate surface area is 193 Å². The van der Waals surface area contributed by atoms with E-state index in [1.807, 2.05) is 24.3 Å². The van der Waals surface area contributed by atoms with Crippen molar-refractivity contribution in [1.82, 2.24) is 4.98 Å². The summed E-state index contributed by atoms with van der Waals surface area (Å²) >= 11 is 12.1. The third kappa shape index (κ3) is 4.72. The van der Waals surface area contributed by atoms with Gasteiger partial charge in [-0.05, 0) is 53.6 Å². The molecule has 3 aromatic carbocycles. The smallest absolute Gasteiger partial charge is 0.232 e. The average molecular weight is 467 g/mol. The lowest BCUT2D eigenvalue weighted by Crippen LogP contribution is -2.03. The molecule has 1 aromatic heterocycles. The zero-order valence-electron chi connectivity index (χ0n) is 16.4. The van der Waals surface area contributed by atoms with E-state index in [4.69, 9.17) is 27.9 Å². The van der Waals surface area contributed by atoms with Crippen molar-refractivity contribution < 1.29 is 13.5 Å². The molecule has 4 rings (SSSR count). The number of aromatic nitrogens is 1. The largest absolute Gasteiger partial charge is 0.472 e. The van der Waals surface area contributed by atoms with E-state index in [2.05, 4.69) is 11.1 Å². The zero-order chi connectivity index (χ0) is 22.7. The fraction of sp³-hybridized carbons (Fsp3) is 0.0400. The van der Waals surface area contributed by atoms with Gasteiger partial charge in [-0.3, -0.25) is 0 Å². The number of rotatable bonds is 5. The monoisotopic (exact) mass is 466 g/mol. The molecule has 4 aromatic rings. The third-order valence-electron chi connectivity index (χ3n) is 4.74. The van der Waals surface area contributed by atoms with E-state index in [9.17, 15) is 14.0 Å². The highest BCUT2D eigenvalue weighted by Gasteiger charge is 2.17. The van der Waals surface area contributed by atoms with Crippen LogP contribution >= 0.6 is 23.2 Å². The summed E-state index contributed by atoms with van der Waals surface area (Å²) in [6.45, 7) is -0.0841. The molecule has 0 spiro atoms. The Hall–Kier alpha value is -3.46. The summed E-state index contributed by atoms with van der Waals surface area (Å²) in [7, 11) is 0. The summed E-state index contributed by atoms with van der Waals surface area (Å²) in [5, 5.41) is 10.9. The Morgan fingerprint density at radius 3 is 2.03 bits per heavy atom. The van der Waals surface area contributed by atoms with Crippen LogP contribution in [0, 0.1) is 23.0 Å². The van der Waals surface area contributed by atoms with Gasteiger partial charge >= 0.3 is 0 Å². The van der Waals surface area contributed by atoms with Crippen LogP contribution in [0.4, 0.5) is 8.78 Å². The molecule has 0 atom stereocenters. The molecular weight excluding hydrogens is 453 g/mol. The molecule has 3 nitrogen and oxygen atoms in total. The molecule has 0 aliphatic rings. The minimum absolute atomic E-state index is 0.0832. The molecule has 0 radical (unpaired) electrons. The van der Waals surface area contributed by atoms with Crippen LogP contribution in [0.15, 0.2) is 72.8 Å². The molecule has 0 saturated heterocycles. The van der Waals surface area contributed by atoms with Crippen molar-refractivity contribution in [3.63, 3.8) is 0 Å². The van der Waals surface area contributed by atoms with E-state index in [-0.39, 0.29) is 18.1 Å². The van der Waals surface area contributed by atoms with Gasteiger partial charge in [0.05, 0.1) is 5.69 Å². The molecule has 0 N–H and O–H groups in total. The van der Waals surface area contributed by atoms with Crippen LogP contribution < -0.4 is 4.74 Å². The van der Waals surface area contributed by atoms with Gasteiger partial charge in [0.15, 0.2) is 11.6 Å². The second-order valence-electron chi connectivity index (χ2n) is 6.90. The van der Waals surface area contributed by atoms with Gasteiger partial charge in [0.1, 0.15) is 18.2 Å². The van der Waals surface area contributed by atoms with Gasteiger partial charge in [-0.2, -0.15) is 5.26 Å². The molecule has 32 heavy (non-hydrogen) atoms. The molecule has 0 unspecified atom stereocenters. The van der Waals surface area contributed by atoms with Crippen molar-refractivity contribution in [1.29, 1.82) is 5.26 Å². The van der Waals surface area contributed by atoms with E-state index in [1.165, 1.54) is 6.07 Å². The van der Waals surface area contributed by atoms with Gasteiger partial charge in [0.2, 0.25) is 5.88 Å². The predicted molar refractivity (Wildman–Crippen MR) is 121 cm³/mol. The molecule has 158 valence electrons. The maximum atomic E-state index is 13.5. The minimum Gasteiger partial charge on any atom is -0.472 e. The van der Waals surface area contributed by atoms with E-state index in [0.29, 0.717) is 26.9 Å². The van der Waals surface area contributed by atoms with Crippen LogP contribution in [0.25, 0.3) is 22.4 Å². The molecule has 0 bridgehead atoms. The number of hydrogen-bond donors (Lipinski definition) is 0. The first-order chi connectivity index (χ1) is 15.4. The van der Waals surface area contributed by atoms with Crippen molar-refractivity contribution in [2.45, 2.75) is 6.61 Å². The Bertz CT molecular complexity index is 1320. The number of pyridine rings is 1. The second-order valence-corrected chi connectivity index (χ2v) is 7.77. The van der Waals surface area contributed by atoms with Crippen LogP contribution in [0.5, 0.6) is 5.88 Å². The number of halogens is 4. The van der Waals surface area contributed by atoms with E-state index in [0.717, 1.165) is 23.3 Å². The maximum absolute atomic E-state index is 13.5. The van der Waals surface area contributed by atoms with Crippen molar-refractivity contribution in [3.8, 4) is 34.3 Å². The lowest BCUT2D eigenvalue weighted by Gasteiger charge is -2.14. The quantitative estimate of drug-likeness (QED) is 0.306. The Morgan fingerprint density at radius 1 is 0.812 bits per heavy atom. The minimum atomic E-state index is -0.973. The van der Waals surface area contributed by atoms with E-state index in [1.54, 1.807) is 30.3 Å². The summed E-state index contributed by atoms with van der Waals surface area (Å²) in [5.41, 5.74) is 3.47. The highest BCUT2D eigenvalue weighted by molar-refractivity contribution is 6.31. The van der Waals surface area contributed by atoms with Gasteiger partial charge in [-0.25, -0.2) is 13.8 Å². The van der Waals surface area contributed by atoms with E-state index >= 15 is 0 Å². The second kappa shape index (κ2) is 9.35. The average Bonchev–Trinajstić information content (AvgIpc) is 2.80. The standard InChI is InChI=1S/C25H14Cl2F2N2O/c26-19-6-2-16(3-7-19)21-12-18(13-30)25(31-24(21)17-4-8-20(27)9-5-17)32-14-15-1-10-22(28)23(29)11-15/h1-12H,14H2. The Balaban J connectivity index is 1.79. The highest BCUT2D eigenvalue weighted by atomic mass is 35.5. The summed E-state index contributed by atoms with van der Waals surface area (Å²) in [6, 6.07) is 21.5. The van der Waals surface area contributed by atoms with Crippen LogP contribution in [-0.2, 0) is 6.61 Å². The third-order valence-corrected chi connectivity index (χ3v) is 5.24. The summed E-state index contributed by atoms with van der Waals surface area (Å²) in [5.74, 6) is -1.83. The summed E-state index contributed by atoms with van der Waals surface area (Å²) in [6.07, 6.45) is 0. The van der Waals surface area contributed by atoms with Gasteiger partial charge in [0, 0.05) is 21.2 Å². The van der Waals surface area contributed by atoms with Gasteiger partial charge in [-0.1, -0.05) is 53.5 Å². The lowest BCUT2D eigenvalue weighted by atomic mass is 9.98. The fourth-order valence-corrected chi connectivity index (χ4v) is 3.40. The number of benzene rings is 3. The van der Waals surface area contributed by atoms with Gasteiger partial charge < -0.3 is 4.74 Å². The van der Waals surface area contributed by atoms with Crippen molar-refractivity contribution in [2.75, 3.05) is 0 Å². The lowest BCUT2D eigenvalue weighted by molar-refractivity contribution is 0.292. The zero-order valence-corrected chi connectivity index (χ0v) is 18.0. The first-order valence-electron chi connectivity index (χ1n) is 9.48. The number of nitrogens with zero attached hydrogens (tertiary/aromatic N) is 2. The van der Waals surface area contributed by atoms with Crippen LogP contribution in [0.1, 0.15) is 11.1 Å². The normalized spacial score (nSPS) is 10.6. The van der Waals surface area contributed by atoms with Gasteiger partial charge in [0.25, 0.3) is 0 Å². The molecule has 0 aliphatic heterocycles. The molecule has 0 saturated carbocycles. The van der Waals surface area contributed by atoms with Crippen molar-refractivity contribution in [3.05, 3.63) is 106 Å². The summed E-state index contributed by atoms with van der Waals surface area (Å²) < 4.78 is 32.4. The van der Waals surface area contributed by atoms with Crippen LogP contribution in [-0.4, -0.2) is 4.98 Å². The SMILES string of the molecule is N#Cc1cc(-c2ccc(Cl)cc2)c(-c2ccc(Cl)cc2)nc1OCc1ccc(F)c(F)c1. The number of ether oxygens (including phenoxy) is 1. The van der Waals surface area contributed by atoms with Gasteiger partial charge in [-0.15, -0.1) is 0 Å². The molecule has 0 aliphatic carbocycles. The maximum Gasteiger partial charge on any atom is 0.232 e. The summed E-state index contributed by atoms with van der Waals surface area (Å²) in [4.78, 5) is 4.61. The molecule has 1 heterocycles. The predicted octanol–water partition coefficient (Wildman–Crippen LogP) is 7.45. The van der Waals surface area contributed by atoms with Crippen LogP contribution in [0.2, 0.25) is 10.0 Å². The van der Waals surface area contributed by atoms with Crippen LogP contribution in [0.3, 0.4) is 0 Å².